The molecule has 0 spiro atoms. The molecular formula is C53H37NOS. The SMILES string of the molecule is C=c1sc2c(N(c3ccc(-c4ccccc4)cc3)c3ccc(-c4cccc(-c5ccc6ccc7oc8ccccc8c7c6c5)c4)cc3)cccc2/c1=C/C=C\C. The molecule has 0 saturated heterocycles. The quantitative estimate of drug-likeness (QED) is 0.162. The van der Waals surface area contributed by atoms with Gasteiger partial charge < -0.3 is 9.32 Å². The molecule has 0 radical (unpaired) electrons. The first-order valence-corrected chi connectivity index (χ1v) is 19.8. The van der Waals surface area contributed by atoms with Gasteiger partial charge in [0.25, 0.3) is 0 Å². The van der Waals surface area contributed by atoms with Crippen LogP contribution in [0.4, 0.5) is 17.1 Å². The number of hydrogen-bond acceptors (Lipinski definition) is 3. The standard InChI is InChI=1S/C53H37NOS/c1-3-4-16-45-35(2)56-53-46(45)18-11-19-49(53)54(43-28-23-37(24-29-43)36-12-6-5-7-13-36)44-30-25-38(26-31-44)40-14-10-15-41(33-40)42-22-21-39-27-32-51-52(48(39)34-42)47-17-8-9-20-50(47)55-51/h3-34H,2H2,1H3/b4-3-,45-16+. The van der Waals surface area contributed by atoms with E-state index in [1.165, 1.54) is 59.3 Å². The predicted octanol–water partition coefficient (Wildman–Crippen LogP) is 14.2. The van der Waals surface area contributed by atoms with Crippen molar-refractivity contribution in [2.24, 2.45) is 0 Å². The van der Waals surface area contributed by atoms with E-state index in [2.05, 4.69) is 193 Å². The minimum absolute atomic E-state index is 0.917. The molecule has 3 heteroatoms. The summed E-state index contributed by atoms with van der Waals surface area (Å²) in [6, 6.07) is 63.2. The van der Waals surface area contributed by atoms with E-state index in [0.29, 0.717) is 0 Å². The molecule has 0 unspecified atom stereocenters. The van der Waals surface area contributed by atoms with Gasteiger partial charge in [0.05, 0.1) is 10.4 Å². The number of para-hydroxylation sites is 1. The van der Waals surface area contributed by atoms with Gasteiger partial charge in [-0.05, 0) is 111 Å². The average Bonchev–Trinajstić information content (AvgIpc) is 3.81. The molecule has 266 valence electrons. The van der Waals surface area contributed by atoms with Gasteiger partial charge in [0.2, 0.25) is 0 Å². The van der Waals surface area contributed by atoms with Crippen LogP contribution >= 0.6 is 11.3 Å². The largest absolute Gasteiger partial charge is 0.456 e. The molecule has 10 rings (SSSR count). The Kier molecular flexibility index (Phi) is 8.43. The second kappa shape index (κ2) is 14.0. The highest BCUT2D eigenvalue weighted by Crippen LogP contribution is 2.41. The van der Waals surface area contributed by atoms with E-state index >= 15 is 0 Å². The lowest BCUT2D eigenvalue weighted by atomic mass is 9.95. The van der Waals surface area contributed by atoms with Crippen molar-refractivity contribution in [1.29, 1.82) is 0 Å². The highest BCUT2D eigenvalue weighted by Gasteiger charge is 2.18. The topological polar surface area (TPSA) is 16.4 Å². The van der Waals surface area contributed by atoms with E-state index < -0.39 is 0 Å². The molecule has 10 aromatic rings. The van der Waals surface area contributed by atoms with E-state index in [4.69, 9.17) is 4.42 Å². The smallest absolute Gasteiger partial charge is 0.136 e. The molecule has 0 amide bonds. The first-order valence-electron chi connectivity index (χ1n) is 19.0. The summed E-state index contributed by atoms with van der Waals surface area (Å²) in [5.74, 6) is 0. The normalized spacial score (nSPS) is 12.1. The molecule has 0 saturated carbocycles. The molecular weight excluding hydrogens is 699 g/mol. The summed E-state index contributed by atoms with van der Waals surface area (Å²) in [5.41, 5.74) is 12.2. The second-order valence-electron chi connectivity index (χ2n) is 14.1. The van der Waals surface area contributed by atoms with Crippen molar-refractivity contribution in [3.8, 4) is 33.4 Å². The fourth-order valence-electron chi connectivity index (χ4n) is 7.99. The van der Waals surface area contributed by atoms with Gasteiger partial charge in [-0.25, -0.2) is 0 Å². The van der Waals surface area contributed by atoms with Gasteiger partial charge in [0.15, 0.2) is 0 Å². The monoisotopic (exact) mass is 735 g/mol. The van der Waals surface area contributed by atoms with Crippen molar-refractivity contribution < 1.29 is 4.42 Å². The number of fused-ring (bicyclic) bond motifs is 6. The van der Waals surface area contributed by atoms with Gasteiger partial charge in [-0.1, -0.05) is 146 Å². The summed E-state index contributed by atoms with van der Waals surface area (Å²) >= 11 is 1.75. The van der Waals surface area contributed by atoms with Gasteiger partial charge in [0, 0.05) is 32.1 Å². The van der Waals surface area contributed by atoms with Crippen molar-refractivity contribution in [3.63, 3.8) is 0 Å². The lowest BCUT2D eigenvalue weighted by Gasteiger charge is -2.26. The summed E-state index contributed by atoms with van der Waals surface area (Å²) in [7, 11) is 0. The number of rotatable bonds is 7. The van der Waals surface area contributed by atoms with E-state index in [9.17, 15) is 0 Å². The number of hydrogen-bond donors (Lipinski definition) is 0. The van der Waals surface area contributed by atoms with E-state index in [0.717, 1.165) is 43.7 Å². The van der Waals surface area contributed by atoms with Crippen LogP contribution in [0.25, 0.3) is 88.8 Å². The first-order chi connectivity index (χ1) is 27.6. The minimum atomic E-state index is 0.917. The maximum atomic E-state index is 6.22. The van der Waals surface area contributed by atoms with Gasteiger partial charge in [-0.2, -0.15) is 0 Å². The molecule has 2 aromatic heterocycles. The Morgan fingerprint density at radius 1 is 0.518 bits per heavy atom. The molecule has 0 atom stereocenters. The molecule has 0 fully saturated rings. The van der Waals surface area contributed by atoms with Gasteiger partial charge in [-0.3, -0.25) is 0 Å². The van der Waals surface area contributed by atoms with E-state index in [-0.39, 0.29) is 0 Å². The fourth-order valence-corrected chi connectivity index (χ4v) is 9.07. The van der Waals surface area contributed by atoms with Crippen molar-refractivity contribution in [3.05, 3.63) is 198 Å². The van der Waals surface area contributed by atoms with Crippen LogP contribution in [0.5, 0.6) is 0 Å². The molecule has 8 aromatic carbocycles. The fraction of sp³-hybridized carbons (Fsp3) is 0.0189. The highest BCUT2D eigenvalue weighted by molar-refractivity contribution is 7.17. The maximum Gasteiger partial charge on any atom is 0.136 e. The Bertz CT molecular complexity index is 3210. The van der Waals surface area contributed by atoms with Crippen molar-refractivity contribution in [2.75, 3.05) is 4.90 Å². The second-order valence-corrected chi connectivity index (χ2v) is 15.2. The average molecular weight is 736 g/mol. The third-order valence-electron chi connectivity index (χ3n) is 10.8. The minimum Gasteiger partial charge on any atom is -0.456 e. The van der Waals surface area contributed by atoms with Crippen LogP contribution in [0.1, 0.15) is 6.92 Å². The van der Waals surface area contributed by atoms with Crippen molar-refractivity contribution in [2.45, 2.75) is 6.92 Å². The molecule has 2 heterocycles. The molecule has 0 N–H and O–H groups in total. The Hall–Kier alpha value is -6.94. The highest BCUT2D eigenvalue weighted by atomic mass is 32.1. The zero-order chi connectivity index (χ0) is 37.6. The molecule has 56 heavy (non-hydrogen) atoms. The number of nitrogens with zero attached hydrogens (tertiary/aromatic N) is 1. The number of furan rings is 1. The zero-order valence-electron chi connectivity index (χ0n) is 30.9. The summed E-state index contributed by atoms with van der Waals surface area (Å²) in [4.78, 5) is 2.38. The molecule has 2 nitrogen and oxygen atoms in total. The summed E-state index contributed by atoms with van der Waals surface area (Å²) in [6.45, 7) is 6.49. The zero-order valence-corrected chi connectivity index (χ0v) is 31.8. The van der Waals surface area contributed by atoms with Gasteiger partial charge >= 0.3 is 0 Å². The summed E-state index contributed by atoms with van der Waals surface area (Å²) in [5, 5.41) is 7.11. The third-order valence-corrected chi connectivity index (χ3v) is 11.9. The molecule has 0 aliphatic heterocycles. The van der Waals surface area contributed by atoms with Crippen LogP contribution in [0, 0.1) is 0 Å². The molecule has 0 aliphatic carbocycles. The van der Waals surface area contributed by atoms with E-state index in [1.807, 2.05) is 19.1 Å². The Labute approximate surface area is 329 Å². The van der Waals surface area contributed by atoms with Crippen LogP contribution in [0.2, 0.25) is 0 Å². The van der Waals surface area contributed by atoms with Crippen LogP contribution in [0.15, 0.2) is 192 Å². The summed E-state index contributed by atoms with van der Waals surface area (Å²) in [6.07, 6.45) is 6.33. The Morgan fingerprint density at radius 2 is 1.11 bits per heavy atom. The molecule has 0 aliphatic rings. The maximum absolute atomic E-state index is 6.22. The van der Waals surface area contributed by atoms with Crippen LogP contribution in [-0.4, -0.2) is 0 Å². The number of anilines is 3. The van der Waals surface area contributed by atoms with Gasteiger partial charge in [-0.15, -0.1) is 11.3 Å². The van der Waals surface area contributed by atoms with Crippen LogP contribution in [-0.2, 0) is 0 Å². The number of allylic oxidation sites excluding steroid dienone is 2. The lowest BCUT2D eigenvalue weighted by molar-refractivity contribution is 0.669. The lowest BCUT2D eigenvalue weighted by Crippen LogP contribution is -2.15. The first kappa shape index (κ1) is 33.6. The summed E-state index contributed by atoms with van der Waals surface area (Å²) < 4.78 is 8.50. The van der Waals surface area contributed by atoms with Gasteiger partial charge in [0.1, 0.15) is 11.2 Å². The van der Waals surface area contributed by atoms with Crippen molar-refractivity contribution in [1.82, 2.24) is 0 Å². The number of thiophene rings is 1. The number of benzene rings is 8. The Morgan fingerprint density at radius 3 is 1.88 bits per heavy atom. The predicted molar refractivity (Wildman–Crippen MR) is 242 cm³/mol. The van der Waals surface area contributed by atoms with E-state index in [1.54, 1.807) is 11.3 Å². The van der Waals surface area contributed by atoms with Crippen LogP contribution < -0.4 is 14.7 Å². The third kappa shape index (κ3) is 5.90. The van der Waals surface area contributed by atoms with Crippen LogP contribution in [0.3, 0.4) is 0 Å². The van der Waals surface area contributed by atoms with Crippen molar-refractivity contribution >= 4 is 83.9 Å². The Balaban J connectivity index is 1.05. The molecule has 0 bridgehead atoms.